The molecule has 1 heterocycles. The minimum Gasteiger partial charge on any atom is -0.493 e. The van der Waals surface area contributed by atoms with Gasteiger partial charge in [0.05, 0.1) is 14.2 Å². The highest BCUT2D eigenvalue weighted by Gasteiger charge is 2.25. The van der Waals surface area contributed by atoms with Crippen molar-refractivity contribution < 1.29 is 19.0 Å². The first kappa shape index (κ1) is 19.9. The van der Waals surface area contributed by atoms with E-state index in [-0.39, 0.29) is 18.1 Å². The average molecular weight is 385 g/mol. The number of aromatic nitrogens is 2. The summed E-state index contributed by atoms with van der Waals surface area (Å²) in [6.07, 6.45) is 3.50. The molecule has 7 heteroatoms. The molecule has 0 unspecified atom stereocenters. The zero-order chi connectivity index (χ0) is 20.1. The van der Waals surface area contributed by atoms with Crippen molar-refractivity contribution in [2.24, 2.45) is 0 Å². The van der Waals surface area contributed by atoms with Gasteiger partial charge in [-0.2, -0.15) is 0 Å². The number of benzene rings is 1. The second-order valence-electron chi connectivity index (χ2n) is 7.07. The van der Waals surface area contributed by atoms with Crippen molar-refractivity contribution >= 4 is 5.91 Å². The second kappa shape index (κ2) is 8.91. The lowest BCUT2D eigenvalue weighted by Gasteiger charge is -2.29. The lowest BCUT2D eigenvalue weighted by atomic mass is 9.92. The van der Waals surface area contributed by atoms with Crippen LogP contribution in [0.4, 0.5) is 0 Å². The van der Waals surface area contributed by atoms with E-state index in [1.807, 2.05) is 19.9 Å². The zero-order valence-corrected chi connectivity index (χ0v) is 16.8. The normalized spacial score (nSPS) is 19.0. The number of ether oxygens (including phenoxy) is 3. The van der Waals surface area contributed by atoms with Gasteiger partial charge in [0.1, 0.15) is 6.10 Å². The van der Waals surface area contributed by atoms with Gasteiger partial charge in [0.25, 0.3) is 5.91 Å². The van der Waals surface area contributed by atoms with Crippen LogP contribution in [-0.4, -0.2) is 42.2 Å². The summed E-state index contributed by atoms with van der Waals surface area (Å²) in [5.41, 5.74) is 2.36. The first-order valence-corrected chi connectivity index (χ1v) is 9.50. The highest BCUT2D eigenvalue weighted by molar-refractivity contribution is 5.95. The molecule has 150 valence electrons. The molecule has 7 nitrogen and oxygen atoms in total. The Hall–Kier alpha value is -2.83. The van der Waals surface area contributed by atoms with Gasteiger partial charge in [-0.25, -0.2) is 9.97 Å². The SMILES string of the molecule is COc1ccc(C(=O)NC2CCC(Oc3nc(C)cc(C)n3)CC2)cc1OC. The molecule has 1 aromatic heterocycles. The first-order chi connectivity index (χ1) is 13.5. The van der Waals surface area contributed by atoms with Gasteiger partial charge >= 0.3 is 6.01 Å². The van der Waals surface area contributed by atoms with Gasteiger partial charge in [0.2, 0.25) is 0 Å². The summed E-state index contributed by atoms with van der Waals surface area (Å²) in [4.78, 5) is 21.3. The van der Waals surface area contributed by atoms with Gasteiger partial charge < -0.3 is 19.5 Å². The van der Waals surface area contributed by atoms with Gasteiger partial charge in [-0.1, -0.05) is 0 Å². The molecule has 3 rings (SSSR count). The molecule has 0 aliphatic heterocycles. The van der Waals surface area contributed by atoms with Crippen molar-refractivity contribution in [3.8, 4) is 17.5 Å². The van der Waals surface area contributed by atoms with Crippen LogP contribution in [0.25, 0.3) is 0 Å². The summed E-state index contributed by atoms with van der Waals surface area (Å²) in [6, 6.07) is 7.66. The fourth-order valence-electron chi connectivity index (χ4n) is 3.47. The van der Waals surface area contributed by atoms with E-state index in [0.29, 0.717) is 23.1 Å². The Labute approximate surface area is 165 Å². The van der Waals surface area contributed by atoms with Crippen LogP contribution in [-0.2, 0) is 0 Å². The maximum Gasteiger partial charge on any atom is 0.317 e. The van der Waals surface area contributed by atoms with E-state index >= 15 is 0 Å². The van der Waals surface area contributed by atoms with E-state index in [1.165, 1.54) is 0 Å². The number of aryl methyl sites for hydroxylation is 2. The number of hydrogen-bond acceptors (Lipinski definition) is 6. The predicted octanol–water partition coefficient (Wildman–Crippen LogP) is 3.23. The molecule has 0 radical (unpaired) electrons. The molecule has 1 fully saturated rings. The Kier molecular flexibility index (Phi) is 6.34. The molecule has 1 aliphatic carbocycles. The number of carbonyl (C=O) groups is 1. The Bertz CT molecular complexity index is 812. The number of methoxy groups -OCH3 is 2. The quantitative estimate of drug-likeness (QED) is 0.822. The van der Waals surface area contributed by atoms with Crippen LogP contribution in [0.3, 0.4) is 0 Å². The summed E-state index contributed by atoms with van der Waals surface area (Å²) < 4.78 is 16.4. The van der Waals surface area contributed by atoms with Gasteiger partial charge in [0.15, 0.2) is 11.5 Å². The van der Waals surface area contributed by atoms with Crippen molar-refractivity contribution in [2.45, 2.75) is 51.7 Å². The molecule has 0 bridgehead atoms. The van der Waals surface area contributed by atoms with Gasteiger partial charge in [-0.3, -0.25) is 4.79 Å². The fourth-order valence-corrected chi connectivity index (χ4v) is 3.47. The first-order valence-electron chi connectivity index (χ1n) is 9.50. The van der Waals surface area contributed by atoms with Crippen LogP contribution in [0.5, 0.6) is 17.5 Å². The number of rotatable bonds is 6. The summed E-state index contributed by atoms with van der Waals surface area (Å²) >= 11 is 0. The summed E-state index contributed by atoms with van der Waals surface area (Å²) in [6.45, 7) is 3.87. The maximum absolute atomic E-state index is 12.6. The lowest BCUT2D eigenvalue weighted by molar-refractivity contribution is 0.0884. The third-order valence-electron chi connectivity index (χ3n) is 4.89. The summed E-state index contributed by atoms with van der Waals surface area (Å²) in [5.74, 6) is 1.04. The van der Waals surface area contributed by atoms with Crippen molar-refractivity contribution in [1.82, 2.24) is 15.3 Å². The van der Waals surface area contributed by atoms with Crippen molar-refractivity contribution in [2.75, 3.05) is 14.2 Å². The van der Waals surface area contributed by atoms with Crippen molar-refractivity contribution in [3.05, 3.63) is 41.2 Å². The second-order valence-corrected chi connectivity index (χ2v) is 7.07. The van der Waals surface area contributed by atoms with E-state index in [9.17, 15) is 4.79 Å². The third-order valence-corrected chi connectivity index (χ3v) is 4.89. The molecular formula is C21H27N3O4. The van der Waals surface area contributed by atoms with Crippen LogP contribution in [0.15, 0.2) is 24.3 Å². The Morgan fingerprint density at radius 2 is 1.61 bits per heavy atom. The molecule has 2 aromatic rings. The van der Waals surface area contributed by atoms with Crippen LogP contribution in [0.1, 0.15) is 47.4 Å². The molecule has 28 heavy (non-hydrogen) atoms. The highest BCUT2D eigenvalue weighted by atomic mass is 16.5. The highest BCUT2D eigenvalue weighted by Crippen LogP contribution is 2.28. The number of nitrogens with one attached hydrogen (secondary N) is 1. The van der Waals surface area contributed by atoms with E-state index in [2.05, 4.69) is 15.3 Å². The number of nitrogens with zero attached hydrogens (tertiary/aromatic N) is 2. The number of carbonyl (C=O) groups excluding carboxylic acids is 1. The van der Waals surface area contributed by atoms with E-state index in [1.54, 1.807) is 32.4 Å². The smallest absolute Gasteiger partial charge is 0.317 e. The summed E-state index contributed by atoms with van der Waals surface area (Å²) in [5, 5.41) is 3.10. The molecule has 1 aromatic carbocycles. The minimum atomic E-state index is -0.108. The molecule has 0 atom stereocenters. The monoisotopic (exact) mass is 385 g/mol. The number of amides is 1. The zero-order valence-electron chi connectivity index (χ0n) is 16.8. The maximum atomic E-state index is 12.6. The fraction of sp³-hybridized carbons (Fsp3) is 0.476. The minimum absolute atomic E-state index is 0.0791. The van der Waals surface area contributed by atoms with E-state index < -0.39 is 0 Å². The van der Waals surface area contributed by atoms with Crippen LogP contribution >= 0.6 is 0 Å². The molecular weight excluding hydrogens is 358 g/mol. The van der Waals surface area contributed by atoms with E-state index in [4.69, 9.17) is 14.2 Å². The van der Waals surface area contributed by atoms with Crippen LogP contribution < -0.4 is 19.5 Å². The predicted molar refractivity (Wildman–Crippen MR) is 105 cm³/mol. The molecule has 1 saturated carbocycles. The lowest BCUT2D eigenvalue weighted by Crippen LogP contribution is -2.39. The van der Waals surface area contributed by atoms with Gasteiger partial charge in [0, 0.05) is 23.0 Å². The Morgan fingerprint density at radius 1 is 0.964 bits per heavy atom. The molecule has 0 spiro atoms. The third kappa shape index (κ3) is 4.91. The van der Waals surface area contributed by atoms with Gasteiger partial charge in [-0.15, -0.1) is 0 Å². The van der Waals surface area contributed by atoms with E-state index in [0.717, 1.165) is 37.1 Å². The van der Waals surface area contributed by atoms with Crippen molar-refractivity contribution in [3.63, 3.8) is 0 Å². The molecule has 1 aliphatic rings. The Balaban J connectivity index is 1.53. The largest absolute Gasteiger partial charge is 0.493 e. The molecule has 0 saturated heterocycles. The standard InChI is InChI=1S/C21H27N3O4/c1-13-11-14(2)23-21(22-13)28-17-8-6-16(7-9-17)24-20(25)15-5-10-18(26-3)19(12-15)27-4/h5,10-12,16-17H,6-9H2,1-4H3,(H,24,25). The Morgan fingerprint density at radius 3 is 2.21 bits per heavy atom. The summed E-state index contributed by atoms with van der Waals surface area (Å²) in [7, 11) is 3.13. The van der Waals surface area contributed by atoms with Gasteiger partial charge in [-0.05, 0) is 63.8 Å². The molecule has 1 N–H and O–H groups in total. The average Bonchev–Trinajstić information content (AvgIpc) is 2.68. The number of hydrogen-bond donors (Lipinski definition) is 1. The van der Waals surface area contributed by atoms with Crippen LogP contribution in [0, 0.1) is 13.8 Å². The topological polar surface area (TPSA) is 82.6 Å². The molecule has 1 amide bonds. The van der Waals surface area contributed by atoms with Crippen molar-refractivity contribution in [1.29, 1.82) is 0 Å². The van der Waals surface area contributed by atoms with Crippen LogP contribution in [0.2, 0.25) is 0 Å².